The van der Waals surface area contributed by atoms with Crippen LogP contribution in [-0.2, 0) is 15.1 Å². The van der Waals surface area contributed by atoms with Crippen molar-refractivity contribution in [1.29, 1.82) is 0 Å². The van der Waals surface area contributed by atoms with Gasteiger partial charge in [-0.05, 0) is 52.5 Å². The molecule has 1 saturated heterocycles. The highest BCUT2D eigenvalue weighted by atomic mass is 35.5. The van der Waals surface area contributed by atoms with Crippen molar-refractivity contribution in [3.8, 4) is 0 Å². The van der Waals surface area contributed by atoms with E-state index < -0.39 is 35.1 Å². The fourth-order valence-electron chi connectivity index (χ4n) is 3.88. The minimum absolute atomic E-state index is 0.0802. The topological polar surface area (TPSA) is 88.1 Å². The van der Waals surface area contributed by atoms with Crippen molar-refractivity contribution in [3.63, 3.8) is 0 Å². The number of nitrogens with zero attached hydrogens (tertiary/aromatic N) is 1. The van der Waals surface area contributed by atoms with Gasteiger partial charge in [-0.2, -0.15) is 0 Å². The molecule has 1 heterocycles. The molecule has 0 bridgehead atoms. The molecule has 1 aromatic carbocycles. The molecule has 7 nitrogen and oxygen atoms in total. The maximum atomic E-state index is 14.9. The molecular weight excluding hydrogens is 427 g/mol. The molecular formula is C22H32ClFN2O5. The third kappa shape index (κ3) is 6.71. The second-order valence-electron chi connectivity index (χ2n) is 8.81. The number of carbonyl (C=O) groups is 2. The van der Waals surface area contributed by atoms with E-state index in [1.807, 2.05) is 0 Å². The number of amides is 2. The molecule has 2 rings (SSSR count). The van der Waals surface area contributed by atoms with Crippen molar-refractivity contribution in [2.45, 2.75) is 57.7 Å². The van der Waals surface area contributed by atoms with Gasteiger partial charge in [0.2, 0.25) is 0 Å². The fraction of sp³-hybridized carbons (Fsp3) is 0.636. The Bertz CT molecular complexity index is 786. The predicted molar refractivity (Wildman–Crippen MR) is 115 cm³/mol. The van der Waals surface area contributed by atoms with Gasteiger partial charge in [-0.1, -0.05) is 23.7 Å². The van der Waals surface area contributed by atoms with Crippen molar-refractivity contribution < 1.29 is 28.6 Å². The molecule has 1 aliphatic heterocycles. The number of carbonyl (C=O) groups excluding carboxylic acids is 2. The Labute approximate surface area is 187 Å². The summed E-state index contributed by atoms with van der Waals surface area (Å²) in [5, 5.41) is 14.2. The van der Waals surface area contributed by atoms with Crippen LogP contribution in [0.15, 0.2) is 18.2 Å². The van der Waals surface area contributed by atoms with Crippen molar-refractivity contribution in [1.82, 2.24) is 10.2 Å². The average Bonchev–Trinajstić information content (AvgIpc) is 2.71. The second kappa shape index (κ2) is 10.5. The van der Waals surface area contributed by atoms with Gasteiger partial charge in [0.05, 0.1) is 17.7 Å². The molecule has 1 fully saturated rings. The van der Waals surface area contributed by atoms with E-state index >= 15 is 0 Å². The number of hydrogen-bond donors (Lipinski definition) is 2. The van der Waals surface area contributed by atoms with E-state index in [0.717, 1.165) is 0 Å². The maximum Gasteiger partial charge on any atom is 0.410 e. The summed E-state index contributed by atoms with van der Waals surface area (Å²) < 4.78 is 25.0. The quantitative estimate of drug-likeness (QED) is 0.615. The lowest BCUT2D eigenvalue weighted by Crippen LogP contribution is -2.49. The zero-order valence-corrected chi connectivity index (χ0v) is 19.3. The highest BCUT2D eigenvalue weighted by molar-refractivity contribution is 6.30. The Morgan fingerprint density at radius 1 is 1.35 bits per heavy atom. The fourth-order valence-corrected chi connectivity index (χ4v) is 4.05. The number of ether oxygens (including phenoxy) is 2. The molecule has 2 atom stereocenters. The molecule has 0 aliphatic carbocycles. The number of likely N-dealkylation sites (tertiary alicyclic amines) is 1. The predicted octanol–water partition coefficient (Wildman–Crippen LogP) is 4.45. The summed E-state index contributed by atoms with van der Waals surface area (Å²) in [4.78, 5) is 25.4. The number of rotatable bonds is 6. The molecule has 2 N–H and O–H groups in total. The van der Waals surface area contributed by atoms with Crippen LogP contribution in [0.25, 0.3) is 0 Å². The summed E-state index contributed by atoms with van der Waals surface area (Å²) in [6.45, 7) is 6.35. The third-order valence-corrected chi connectivity index (χ3v) is 5.65. The normalized spacial score (nSPS) is 18.8. The van der Waals surface area contributed by atoms with E-state index in [-0.39, 0.29) is 30.1 Å². The van der Waals surface area contributed by atoms with Gasteiger partial charge in [0.25, 0.3) is 0 Å². The molecule has 2 amide bonds. The van der Waals surface area contributed by atoms with Gasteiger partial charge < -0.3 is 24.8 Å². The Balaban J connectivity index is 2.25. The zero-order valence-electron chi connectivity index (χ0n) is 18.5. The summed E-state index contributed by atoms with van der Waals surface area (Å²) in [6.07, 6.45) is 0.757. The highest BCUT2D eigenvalue weighted by Crippen LogP contribution is 2.41. The monoisotopic (exact) mass is 458 g/mol. The minimum atomic E-state index is -1.58. The number of methoxy groups -OCH3 is 1. The number of alkyl carbamates (subject to hydrolysis) is 1. The number of benzene rings is 1. The van der Waals surface area contributed by atoms with Crippen molar-refractivity contribution in [3.05, 3.63) is 34.6 Å². The van der Waals surface area contributed by atoms with Gasteiger partial charge in [-0.25, -0.2) is 14.0 Å². The summed E-state index contributed by atoms with van der Waals surface area (Å²) in [5.41, 5.74) is -2.12. The number of halogens is 2. The third-order valence-electron chi connectivity index (χ3n) is 5.36. The first-order valence-electron chi connectivity index (χ1n) is 10.4. The summed E-state index contributed by atoms with van der Waals surface area (Å²) >= 11 is 5.99. The van der Waals surface area contributed by atoms with Crippen LogP contribution in [0.2, 0.25) is 5.02 Å². The van der Waals surface area contributed by atoms with Crippen LogP contribution in [0.1, 0.15) is 52.0 Å². The lowest BCUT2D eigenvalue weighted by atomic mass is 9.74. The Hall–Kier alpha value is -2.06. The van der Waals surface area contributed by atoms with Crippen LogP contribution >= 0.6 is 11.6 Å². The Kier molecular flexibility index (Phi) is 8.54. The first-order valence-corrected chi connectivity index (χ1v) is 10.8. The van der Waals surface area contributed by atoms with Gasteiger partial charge in [0, 0.05) is 31.1 Å². The molecule has 9 heteroatoms. The number of nitrogens with one attached hydrogen (secondary N) is 1. The van der Waals surface area contributed by atoms with Crippen LogP contribution in [0, 0.1) is 11.7 Å². The van der Waals surface area contributed by atoms with Crippen LogP contribution in [0.3, 0.4) is 0 Å². The smallest absolute Gasteiger partial charge is 0.410 e. The highest BCUT2D eigenvalue weighted by Gasteiger charge is 2.43. The van der Waals surface area contributed by atoms with Gasteiger partial charge in [0.15, 0.2) is 0 Å². The summed E-state index contributed by atoms with van der Waals surface area (Å²) in [7, 11) is 1.26. The van der Waals surface area contributed by atoms with Crippen LogP contribution in [-0.4, -0.2) is 54.5 Å². The van der Waals surface area contributed by atoms with E-state index in [9.17, 15) is 19.1 Å². The molecule has 0 aromatic heterocycles. The second-order valence-corrected chi connectivity index (χ2v) is 9.22. The lowest BCUT2D eigenvalue weighted by molar-refractivity contribution is -0.0653. The summed E-state index contributed by atoms with van der Waals surface area (Å²) in [6, 6.07) is 4.53. The van der Waals surface area contributed by atoms with Gasteiger partial charge in [0.1, 0.15) is 11.4 Å². The Morgan fingerprint density at radius 3 is 2.71 bits per heavy atom. The molecule has 1 aliphatic rings. The minimum Gasteiger partial charge on any atom is -0.453 e. The molecule has 0 spiro atoms. The van der Waals surface area contributed by atoms with E-state index in [1.54, 1.807) is 31.7 Å². The van der Waals surface area contributed by atoms with Crippen LogP contribution in [0.5, 0.6) is 0 Å². The van der Waals surface area contributed by atoms with Gasteiger partial charge >= 0.3 is 12.2 Å². The molecule has 0 unspecified atom stereocenters. The zero-order chi connectivity index (χ0) is 23.2. The van der Waals surface area contributed by atoms with Crippen LogP contribution in [0.4, 0.5) is 14.0 Å². The molecule has 1 aromatic rings. The van der Waals surface area contributed by atoms with E-state index in [2.05, 4.69) is 10.1 Å². The molecule has 31 heavy (non-hydrogen) atoms. The number of piperidine rings is 1. The molecule has 0 radical (unpaired) electrons. The lowest BCUT2D eigenvalue weighted by Gasteiger charge is -2.43. The van der Waals surface area contributed by atoms with Crippen molar-refractivity contribution in [2.24, 2.45) is 5.92 Å². The average molecular weight is 459 g/mol. The number of aliphatic hydroxyl groups is 1. The molecule has 0 saturated carbocycles. The van der Waals surface area contributed by atoms with E-state index in [0.29, 0.717) is 25.8 Å². The first kappa shape index (κ1) is 25.2. The standard InChI is InChI=1S/C22H32ClFN2O5/c1-21(2,3)31-20(28)26-13-6-8-15(14-26)22(29,11-7-12-25-19(27)30-4)16-9-5-10-17(23)18(16)24/h5,9-10,15,29H,6-8,11-14H2,1-4H3,(H,25,27)/t15-,22+/m1/s1. The van der Waals surface area contributed by atoms with E-state index in [1.165, 1.54) is 19.2 Å². The Morgan fingerprint density at radius 2 is 2.06 bits per heavy atom. The first-order chi connectivity index (χ1) is 14.5. The van der Waals surface area contributed by atoms with E-state index in [4.69, 9.17) is 16.3 Å². The SMILES string of the molecule is COC(=O)NCCC[C@@](O)(c1cccc(Cl)c1F)[C@@H]1CCCN(C(=O)OC(C)(C)C)C1. The number of hydrogen-bond acceptors (Lipinski definition) is 5. The summed E-state index contributed by atoms with van der Waals surface area (Å²) in [5.74, 6) is -1.11. The van der Waals surface area contributed by atoms with Gasteiger partial charge in [-0.15, -0.1) is 0 Å². The molecule has 174 valence electrons. The maximum absolute atomic E-state index is 14.9. The van der Waals surface area contributed by atoms with Crippen LogP contribution < -0.4 is 5.32 Å². The van der Waals surface area contributed by atoms with Crippen molar-refractivity contribution in [2.75, 3.05) is 26.7 Å². The van der Waals surface area contributed by atoms with Crippen molar-refractivity contribution >= 4 is 23.8 Å². The largest absolute Gasteiger partial charge is 0.453 e. The van der Waals surface area contributed by atoms with Gasteiger partial charge in [-0.3, -0.25) is 0 Å².